The Morgan fingerprint density at radius 1 is 1.13 bits per heavy atom. The number of carbonyl (C=O) groups excluding carboxylic acids is 2. The molecule has 0 atom stereocenters. The van der Waals surface area contributed by atoms with Crippen LogP contribution in [0.5, 0.6) is 5.75 Å². The molecule has 2 heterocycles. The first kappa shape index (κ1) is 23.0. The van der Waals surface area contributed by atoms with Crippen LogP contribution in [0.15, 0.2) is 24.3 Å². The summed E-state index contributed by atoms with van der Waals surface area (Å²) in [5, 5.41) is 12.1. The number of nitrogens with one attached hydrogen (secondary N) is 1. The number of aromatic nitrogens is 2. The van der Waals surface area contributed by atoms with E-state index in [-0.39, 0.29) is 12.0 Å². The third-order valence-electron chi connectivity index (χ3n) is 4.75. The van der Waals surface area contributed by atoms with Crippen molar-refractivity contribution < 1.29 is 19.1 Å². The highest BCUT2D eigenvalue weighted by Crippen LogP contribution is 2.18. The number of benzene rings is 1. The molecular formula is C21H29N5O4S. The summed E-state index contributed by atoms with van der Waals surface area (Å²) in [6.45, 7) is 7.94. The fourth-order valence-corrected chi connectivity index (χ4v) is 3.88. The van der Waals surface area contributed by atoms with Gasteiger partial charge in [0, 0.05) is 31.9 Å². The van der Waals surface area contributed by atoms with Crippen LogP contribution in [0.3, 0.4) is 0 Å². The lowest BCUT2D eigenvalue weighted by Gasteiger charge is -2.21. The van der Waals surface area contributed by atoms with Gasteiger partial charge in [0.25, 0.3) is 5.91 Å². The molecule has 0 saturated carbocycles. The minimum absolute atomic E-state index is 0.246. The molecule has 0 unspecified atom stereocenters. The maximum Gasteiger partial charge on any atom is 0.409 e. The number of rotatable bonds is 7. The van der Waals surface area contributed by atoms with Crippen molar-refractivity contribution in [2.45, 2.75) is 26.8 Å². The SMILES string of the molecule is COc1ccc(NC(=O)c2nnc(CN3CCCN(C(=O)OCC(C)C)CC3)s2)cc1. The van der Waals surface area contributed by atoms with Crippen LogP contribution in [-0.2, 0) is 11.3 Å². The van der Waals surface area contributed by atoms with Crippen LogP contribution in [0.2, 0.25) is 0 Å². The Morgan fingerprint density at radius 2 is 1.90 bits per heavy atom. The zero-order chi connectivity index (χ0) is 22.2. The molecule has 1 aliphatic rings. The van der Waals surface area contributed by atoms with Crippen LogP contribution >= 0.6 is 11.3 Å². The van der Waals surface area contributed by atoms with Crippen molar-refractivity contribution in [3.63, 3.8) is 0 Å². The number of nitrogens with zero attached hydrogens (tertiary/aromatic N) is 4. The van der Waals surface area contributed by atoms with Crippen LogP contribution in [0.4, 0.5) is 10.5 Å². The highest BCUT2D eigenvalue weighted by molar-refractivity contribution is 7.13. The van der Waals surface area contributed by atoms with E-state index in [9.17, 15) is 9.59 Å². The maximum atomic E-state index is 12.5. The summed E-state index contributed by atoms with van der Waals surface area (Å²) >= 11 is 1.28. The van der Waals surface area contributed by atoms with Crippen LogP contribution in [0.1, 0.15) is 35.1 Å². The molecule has 10 heteroatoms. The summed E-state index contributed by atoms with van der Waals surface area (Å²) in [7, 11) is 1.59. The van der Waals surface area contributed by atoms with Crippen LogP contribution < -0.4 is 10.1 Å². The minimum Gasteiger partial charge on any atom is -0.497 e. The molecule has 0 aliphatic carbocycles. The van der Waals surface area contributed by atoms with Crippen molar-refractivity contribution in [2.24, 2.45) is 5.92 Å². The van der Waals surface area contributed by atoms with Gasteiger partial charge in [-0.2, -0.15) is 0 Å². The number of anilines is 1. The standard InChI is InChI=1S/C21H29N5O4S/c1-15(2)14-30-21(28)26-10-4-9-25(11-12-26)13-18-23-24-20(31-18)19(27)22-16-5-7-17(29-3)8-6-16/h5-8,15H,4,9-14H2,1-3H3,(H,22,27). The highest BCUT2D eigenvalue weighted by Gasteiger charge is 2.22. The molecule has 9 nitrogen and oxygen atoms in total. The number of carbonyl (C=O) groups is 2. The van der Waals surface area contributed by atoms with E-state index >= 15 is 0 Å². The van der Waals surface area contributed by atoms with E-state index in [1.165, 1.54) is 11.3 Å². The highest BCUT2D eigenvalue weighted by atomic mass is 32.1. The number of ether oxygens (including phenoxy) is 2. The summed E-state index contributed by atoms with van der Waals surface area (Å²) < 4.78 is 10.5. The second-order valence-corrected chi connectivity index (χ2v) is 8.83. The summed E-state index contributed by atoms with van der Waals surface area (Å²) in [5.74, 6) is 0.755. The normalized spacial score (nSPS) is 14.9. The van der Waals surface area contributed by atoms with Crippen molar-refractivity contribution >= 4 is 29.0 Å². The Labute approximate surface area is 186 Å². The molecule has 3 rings (SSSR count). The molecule has 1 aromatic carbocycles. The van der Waals surface area contributed by atoms with Gasteiger partial charge in [-0.1, -0.05) is 25.2 Å². The zero-order valence-corrected chi connectivity index (χ0v) is 19.0. The second kappa shape index (κ2) is 11.1. The van der Waals surface area contributed by atoms with E-state index in [1.807, 2.05) is 13.8 Å². The van der Waals surface area contributed by atoms with Crippen molar-refractivity contribution in [1.82, 2.24) is 20.0 Å². The van der Waals surface area contributed by atoms with Crippen molar-refractivity contribution in [3.8, 4) is 5.75 Å². The smallest absolute Gasteiger partial charge is 0.409 e. The number of hydrogen-bond acceptors (Lipinski definition) is 8. The predicted octanol–water partition coefficient (Wildman–Crippen LogP) is 3.10. The summed E-state index contributed by atoms with van der Waals surface area (Å²) in [6.07, 6.45) is 0.615. The van der Waals surface area contributed by atoms with Gasteiger partial charge in [-0.05, 0) is 36.6 Å². The number of hydrogen-bond donors (Lipinski definition) is 1. The summed E-state index contributed by atoms with van der Waals surface area (Å²) in [5.41, 5.74) is 0.666. The average Bonchev–Trinajstić information content (AvgIpc) is 3.10. The molecule has 2 amide bonds. The molecule has 2 aromatic rings. The molecule has 1 aliphatic heterocycles. The molecular weight excluding hydrogens is 418 g/mol. The fourth-order valence-electron chi connectivity index (χ4n) is 3.10. The fraction of sp³-hybridized carbons (Fsp3) is 0.524. The second-order valence-electron chi connectivity index (χ2n) is 7.77. The monoisotopic (exact) mass is 447 g/mol. The van der Waals surface area contributed by atoms with Crippen LogP contribution in [0.25, 0.3) is 0 Å². The zero-order valence-electron chi connectivity index (χ0n) is 18.2. The third-order valence-corrected chi connectivity index (χ3v) is 5.66. The molecule has 1 N–H and O–H groups in total. The molecule has 168 valence electrons. The first-order valence-corrected chi connectivity index (χ1v) is 11.2. The van der Waals surface area contributed by atoms with Crippen molar-refractivity contribution in [1.29, 1.82) is 0 Å². The van der Waals surface area contributed by atoms with Crippen molar-refractivity contribution in [3.05, 3.63) is 34.3 Å². The topological polar surface area (TPSA) is 96.9 Å². The first-order chi connectivity index (χ1) is 14.9. The Morgan fingerprint density at radius 3 is 2.61 bits per heavy atom. The molecule has 1 aromatic heterocycles. The van der Waals surface area contributed by atoms with Gasteiger partial charge < -0.3 is 19.7 Å². The minimum atomic E-state index is -0.288. The molecule has 0 radical (unpaired) electrons. The van der Waals surface area contributed by atoms with Crippen LogP contribution in [-0.4, -0.2) is 71.9 Å². The number of amides is 2. The lowest BCUT2D eigenvalue weighted by atomic mass is 10.2. The van der Waals surface area contributed by atoms with Crippen molar-refractivity contribution in [2.75, 3.05) is 45.2 Å². The lowest BCUT2D eigenvalue weighted by molar-refractivity contribution is 0.0929. The Kier molecular flexibility index (Phi) is 8.19. The summed E-state index contributed by atoms with van der Waals surface area (Å²) in [6, 6.07) is 7.10. The Hall–Kier alpha value is -2.72. The Bertz CT molecular complexity index is 871. The van der Waals surface area contributed by atoms with Gasteiger partial charge in [0.05, 0.1) is 20.3 Å². The number of methoxy groups -OCH3 is 1. The molecule has 0 spiro atoms. The summed E-state index contributed by atoms with van der Waals surface area (Å²) in [4.78, 5) is 28.6. The molecule has 1 saturated heterocycles. The Balaban J connectivity index is 1.49. The largest absolute Gasteiger partial charge is 0.497 e. The van der Waals surface area contributed by atoms with Crippen LogP contribution in [0, 0.1) is 5.92 Å². The van der Waals surface area contributed by atoms with E-state index in [0.717, 1.165) is 30.3 Å². The van der Waals surface area contributed by atoms with E-state index in [0.29, 0.717) is 42.9 Å². The van der Waals surface area contributed by atoms with E-state index in [2.05, 4.69) is 20.4 Å². The van der Waals surface area contributed by atoms with Gasteiger partial charge in [0.2, 0.25) is 5.01 Å². The van der Waals surface area contributed by atoms with Gasteiger partial charge in [0.1, 0.15) is 10.8 Å². The molecule has 31 heavy (non-hydrogen) atoms. The van der Waals surface area contributed by atoms with Gasteiger partial charge in [-0.15, -0.1) is 10.2 Å². The van der Waals surface area contributed by atoms with E-state index in [4.69, 9.17) is 9.47 Å². The maximum absolute atomic E-state index is 12.5. The predicted molar refractivity (Wildman–Crippen MR) is 119 cm³/mol. The van der Waals surface area contributed by atoms with Gasteiger partial charge in [-0.25, -0.2) is 4.79 Å². The average molecular weight is 448 g/mol. The third kappa shape index (κ3) is 6.90. The van der Waals surface area contributed by atoms with Gasteiger partial charge >= 0.3 is 6.09 Å². The first-order valence-electron chi connectivity index (χ1n) is 10.4. The quantitative estimate of drug-likeness (QED) is 0.697. The van der Waals surface area contributed by atoms with E-state index < -0.39 is 0 Å². The molecule has 0 bridgehead atoms. The molecule has 1 fully saturated rings. The van der Waals surface area contributed by atoms with Gasteiger partial charge in [0.15, 0.2) is 0 Å². The lowest BCUT2D eigenvalue weighted by Crippen LogP contribution is -2.36. The van der Waals surface area contributed by atoms with Gasteiger partial charge in [-0.3, -0.25) is 9.69 Å². The van der Waals surface area contributed by atoms with E-state index in [1.54, 1.807) is 36.3 Å².